The Kier molecular flexibility index (Phi) is 4.53. The zero-order valence-electron chi connectivity index (χ0n) is 13.8. The second-order valence-electron chi connectivity index (χ2n) is 5.56. The van der Waals surface area contributed by atoms with Gasteiger partial charge < -0.3 is 11.1 Å². The van der Waals surface area contributed by atoms with E-state index in [2.05, 4.69) is 15.4 Å². The Bertz CT molecular complexity index is 1110. The van der Waals surface area contributed by atoms with Gasteiger partial charge in [-0.25, -0.2) is 9.67 Å². The molecule has 3 N–H and O–H groups in total. The Labute approximate surface area is 162 Å². The number of hydrogen-bond acceptors (Lipinski definition) is 6. The minimum absolute atomic E-state index is 0.174. The van der Waals surface area contributed by atoms with E-state index in [1.165, 1.54) is 22.1 Å². The van der Waals surface area contributed by atoms with Crippen molar-refractivity contribution in [2.24, 2.45) is 5.73 Å². The molecule has 0 aliphatic rings. The van der Waals surface area contributed by atoms with Crippen molar-refractivity contribution in [3.05, 3.63) is 70.1 Å². The highest BCUT2D eigenvalue weighted by Crippen LogP contribution is 2.26. The fraction of sp³-hybridized carbons (Fsp3) is 0. The highest BCUT2D eigenvalue weighted by atomic mass is 32.1. The summed E-state index contributed by atoms with van der Waals surface area (Å²) in [6.07, 6.45) is 1.63. The molecule has 0 spiro atoms. The fourth-order valence-electron chi connectivity index (χ4n) is 2.42. The van der Waals surface area contributed by atoms with Crippen LogP contribution >= 0.6 is 22.7 Å². The molecule has 3 heterocycles. The Morgan fingerprint density at radius 1 is 1.11 bits per heavy atom. The van der Waals surface area contributed by atoms with Gasteiger partial charge in [0.25, 0.3) is 11.8 Å². The van der Waals surface area contributed by atoms with Crippen LogP contribution in [0.15, 0.2) is 58.7 Å². The average molecular weight is 395 g/mol. The van der Waals surface area contributed by atoms with Crippen molar-refractivity contribution in [1.29, 1.82) is 0 Å². The van der Waals surface area contributed by atoms with E-state index >= 15 is 0 Å². The number of nitrogens with two attached hydrogens (primary N) is 1. The normalized spacial score (nSPS) is 10.7. The Morgan fingerprint density at radius 3 is 2.74 bits per heavy atom. The molecule has 0 atom stereocenters. The number of hydrogen-bond donors (Lipinski definition) is 2. The van der Waals surface area contributed by atoms with E-state index in [-0.39, 0.29) is 11.6 Å². The van der Waals surface area contributed by atoms with Crippen LogP contribution in [-0.4, -0.2) is 26.6 Å². The van der Waals surface area contributed by atoms with Gasteiger partial charge in [0.15, 0.2) is 0 Å². The average Bonchev–Trinajstić information content (AvgIpc) is 3.42. The van der Waals surface area contributed by atoms with E-state index in [4.69, 9.17) is 5.73 Å². The number of nitrogens with zero attached hydrogens (tertiary/aromatic N) is 3. The van der Waals surface area contributed by atoms with Gasteiger partial charge in [0.1, 0.15) is 16.4 Å². The third-order valence-corrected chi connectivity index (χ3v) is 5.29. The van der Waals surface area contributed by atoms with E-state index in [0.717, 1.165) is 10.6 Å². The molecule has 7 nitrogen and oxygen atoms in total. The van der Waals surface area contributed by atoms with Crippen molar-refractivity contribution in [2.75, 3.05) is 5.32 Å². The summed E-state index contributed by atoms with van der Waals surface area (Å²) < 4.78 is 1.52. The van der Waals surface area contributed by atoms with Gasteiger partial charge >= 0.3 is 0 Å². The van der Waals surface area contributed by atoms with E-state index in [0.29, 0.717) is 17.1 Å². The molecule has 27 heavy (non-hydrogen) atoms. The molecule has 0 fully saturated rings. The minimum atomic E-state index is -0.594. The molecule has 134 valence electrons. The monoisotopic (exact) mass is 395 g/mol. The predicted octanol–water partition coefficient (Wildman–Crippen LogP) is 3.41. The summed E-state index contributed by atoms with van der Waals surface area (Å²) in [4.78, 5) is 28.1. The molecule has 4 rings (SSSR count). The molecule has 0 aliphatic carbocycles. The van der Waals surface area contributed by atoms with Crippen LogP contribution in [0.2, 0.25) is 0 Å². The van der Waals surface area contributed by atoms with Crippen molar-refractivity contribution >= 4 is 40.2 Å². The number of amides is 2. The van der Waals surface area contributed by atoms with Gasteiger partial charge in [-0.15, -0.1) is 11.3 Å². The number of thiophene rings is 1. The smallest absolute Gasteiger partial charge is 0.275 e. The van der Waals surface area contributed by atoms with Crippen molar-refractivity contribution in [2.45, 2.75) is 0 Å². The maximum Gasteiger partial charge on any atom is 0.275 e. The first kappa shape index (κ1) is 17.1. The number of carbonyl (C=O) groups excluding carboxylic acids is 2. The van der Waals surface area contributed by atoms with Crippen molar-refractivity contribution < 1.29 is 9.59 Å². The number of anilines is 1. The van der Waals surface area contributed by atoms with Gasteiger partial charge in [-0.2, -0.15) is 16.4 Å². The highest BCUT2D eigenvalue weighted by Gasteiger charge is 2.13. The molecule has 9 heteroatoms. The van der Waals surface area contributed by atoms with Crippen molar-refractivity contribution in [3.8, 4) is 16.3 Å². The second-order valence-corrected chi connectivity index (χ2v) is 7.20. The number of rotatable bonds is 5. The molecular weight excluding hydrogens is 382 g/mol. The highest BCUT2D eigenvalue weighted by molar-refractivity contribution is 7.14. The van der Waals surface area contributed by atoms with E-state index in [1.54, 1.807) is 41.1 Å². The lowest BCUT2D eigenvalue weighted by Gasteiger charge is -2.06. The number of thiazole rings is 1. The summed E-state index contributed by atoms with van der Waals surface area (Å²) in [6, 6.07) is 10.6. The van der Waals surface area contributed by atoms with Gasteiger partial charge in [-0.1, -0.05) is 6.07 Å². The second kappa shape index (κ2) is 7.14. The topological polar surface area (TPSA) is 103 Å². The molecule has 3 aromatic heterocycles. The Balaban J connectivity index is 1.52. The molecule has 4 aromatic rings. The third-order valence-electron chi connectivity index (χ3n) is 3.72. The molecule has 0 radical (unpaired) electrons. The molecule has 1 aromatic carbocycles. The van der Waals surface area contributed by atoms with Crippen LogP contribution in [0.5, 0.6) is 0 Å². The number of benzene rings is 1. The van der Waals surface area contributed by atoms with Crippen LogP contribution in [0.1, 0.15) is 21.0 Å². The first-order chi connectivity index (χ1) is 13.1. The van der Waals surface area contributed by atoms with Crippen molar-refractivity contribution in [1.82, 2.24) is 14.8 Å². The standard InChI is InChI=1S/C18H13N5O2S2/c19-16(24)14-4-6-23(22-14)13-3-1-2-12(8-13)20-17(25)15-10-27-18(21-15)11-5-7-26-9-11/h1-10H,(H2,19,24)(H,20,25). The summed E-state index contributed by atoms with van der Waals surface area (Å²) in [6.45, 7) is 0. The number of primary amides is 1. The van der Waals surface area contributed by atoms with Gasteiger partial charge in [-0.3, -0.25) is 9.59 Å². The summed E-state index contributed by atoms with van der Waals surface area (Å²) in [5.74, 6) is -0.883. The van der Waals surface area contributed by atoms with Crippen LogP contribution in [0.25, 0.3) is 16.3 Å². The summed E-state index contributed by atoms with van der Waals surface area (Å²) in [5, 5.41) is 13.5. The van der Waals surface area contributed by atoms with Crippen LogP contribution in [-0.2, 0) is 0 Å². The zero-order valence-corrected chi connectivity index (χ0v) is 15.5. The third kappa shape index (κ3) is 3.64. The first-order valence-electron chi connectivity index (χ1n) is 7.85. The zero-order chi connectivity index (χ0) is 18.8. The minimum Gasteiger partial charge on any atom is -0.364 e. The van der Waals surface area contributed by atoms with Crippen LogP contribution < -0.4 is 11.1 Å². The van der Waals surface area contributed by atoms with E-state index < -0.39 is 5.91 Å². The van der Waals surface area contributed by atoms with Crippen LogP contribution in [0, 0.1) is 0 Å². The maximum absolute atomic E-state index is 12.5. The van der Waals surface area contributed by atoms with E-state index in [1.807, 2.05) is 22.9 Å². The molecule has 0 saturated heterocycles. The lowest BCUT2D eigenvalue weighted by molar-refractivity contribution is 0.0992. The summed E-state index contributed by atoms with van der Waals surface area (Å²) >= 11 is 3.02. The fourth-order valence-corrected chi connectivity index (χ4v) is 3.93. The summed E-state index contributed by atoms with van der Waals surface area (Å²) in [7, 11) is 0. The molecular formula is C18H13N5O2S2. The lowest BCUT2D eigenvalue weighted by Crippen LogP contribution is -2.13. The molecule has 0 aliphatic heterocycles. The van der Waals surface area contributed by atoms with E-state index in [9.17, 15) is 9.59 Å². The van der Waals surface area contributed by atoms with Crippen LogP contribution in [0.3, 0.4) is 0 Å². The van der Waals surface area contributed by atoms with Gasteiger partial charge in [0.2, 0.25) is 0 Å². The molecule has 0 bridgehead atoms. The SMILES string of the molecule is NC(=O)c1ccn(-c2cccc(NC(=O)c3csc(-c4ccsc4)n3)c2)n1. The predicted molar refractivity (Wildman–Crippen MR) is 105 cm³/mol. The number of aromatic nitrogens is 3. The molecule has 2 amide bonds. The Hall–Kier alpha value is -3.30. The maximum atomic E-state index is 12.5. The molecule has 0 saturated carbocycles. The number of carbonyl (C=O) groups is 2. The quantitative estimate of drug-likeness (QED) is 0.540. The van der Waals surface area contributed by atoms with Crippen LogP contribution in [0.4, 0.5) is 5.69 Å². The Morgan fingerprint density at radius 2 is 2.00 bits per heavy atom. The van der Waals surface area contributed by atoms with Crippen molar-refractivity contribution in [3.63, 3.8) is 0 Å². The van der Waals surface area contributed by atoms with Gasteiger partial charge in [-0.05, 0) is 35.7 Å². The van der Waals surface area contributed by atoms with Gasteiger partial charge in [0, 0.05) is 28.2 Å². The first-order valence-corrected chi connectivity index (χ1v) is 9.68. The molecule has 0 unspecified atom stereocenters. The van der Waals surface area contributed by atoms with Gasteiger partial charge in [0.05, 0.1) is 5.69 Å². The lowest BCUT2D eigenvalue weighted by atomic mass is 10.2. The largest absolute Gasteiger partial charge is 0.364 e. The number of nitrogens with one attached hydrogen (secondary N) is 1. The summed E-state index contributed by atoms with van der Waals surface area (Å²) in [5.41, 5.74) is 8.06.